The lowest BCUT2D eigenvalue weighted by atomic mass is 9.96. The maximum absolute atomic E-state index is 12.3. The maximum Gasteiger partial charge on any atom is 0.269 e. The molecule has 126 valence electrons. The minimum atomic E-state index is -0.447. The predicted molar refractivity (Wildman–Crippen MR) is 89.6 cm³/mol. The van der Waals surface area contributed by atoms with E-state index in [1.165, 1.54) is 18.2 Å². The Morgan fingerprint density at radius 1 is 1.48 bits per heavy atom. The molecule has 1 amide bonds. The lowest BCUT2D eigenvalue weighted by Gasteiger charge is -2.35. The Hall–Kier alpha value is -1.95. The molecule has 0 aromatic heterocycles. The van der Waals surface area contributed by atoms with Crippen LogP contribution in [-0.2, 0) is 0 Å². The number of aryl methyl sites for hydroxylation is 1. The molecule has 0 saturated carbocycles. The van der Waals surface area contributed by atoms with E-state index in [1.807, 2.05) is 0 Å². The van der Waals surface area contributed by atoms with Gasteiger partial charge in [0.25, 0.3) is 11.6 Å². The van der Waals surface area contributed by atoms with Gasteiger partial charge in [0.15, 0.2) is 0 Å². The van der Waals surface area contributed by atoms with E-state index in [0.717, 1.165) is 25.9 Å². The highest BCUT2D eigenvalue weighted by molar-refractivity contribution is 5.95. The zero-order chi connectivity index (χ0) is 17.0. The molecule has 6 heteroatoms. The average molecular weight is 319 g/mol. The normalized spacial score (nSPS) is 18.9. The van der Waals surface area contributed by atoms with Crippen molar-refractivity contribution in [2.45, 2.75) is 39.7 Å². The summed E-state index contributed by atoms with van der Waals surface area (Å²) < 4.78 is 0. The molecule has 6 nitrogen and oxygen atoms in total. The topological polar surface area (TPSA) is 75.5 Å². The molecule has 2 rings (SSSR count). The molecule has 1 unspecified atom stereocenters. The number of nitro benzene ring substituents is 1. The number of likely N-dealkylation sites (tertiary alicyclic amines) is 1. The molecule has 1 aliphatic heterocycles. The summed E-state index contributed by atoms with van der Waals surface area (Å²) in [6.07, 6.45) is 2.29. The fourth-order valence-corrected chi connectivity index (χ4v) is 3.08. The Bertz CT molecular complexity index is 586. The lowest BCUT2D eigenvalue weighted by molar-refractivity contribution is -0.384. The van der Waals surface area contributed by atoms with Crippen molar-refractivity contribution in [1.29, 1.82) is 0 Å². The summed E-state index contributed by atoms with van der Waals surface area (Å²) in [6.45, 7) is 8.91. The molecule has 1 aliphatic rings. The number of hydrogen-bond donors (Lipinski definition) is 1. The summed E-state index contributed by atoms with van der Waals surface area (Å²) in [5, 5.41) is 13.7. The summed E-state index contributed by atoms with van der Waals surface area (Å²) in [5.41, 5.74) is 1.15. The van der Waals surface area contributed by atoms with E-state index in [1.54, 1.807) is 6.92 Å². The summed E-state index contributed by atoms with van der Waals surface area (Å²) in [5.74, 6) is 0.313. The second-order valence-corrected chi connectivity index (χ2v) is 6.56. The van der Waals surface area contributed by atoms with Crippen LogP contribution < -0.4 is 5.32 Å². The van der Waals surface area contributed by atoms with Gasteiger partial charge in [-0.05, 0) is 57.7 Å². The first kappa shape index (κ1) is 17.4. The van der Waals surface area contributed by atoms with Gasteiger partial charge >= 0.3 is 0 Å². The highest BCUT2D eigenvalue weighted by atomic mass is 16.6. The molecule has 1 atom stereocenters. The van der Waals surface area contributed by atoms with Gasteiger partial charge in [0.05, 0.1) is 4.92 Å². The SMILES string of the molecule is Cc1cc([N+](=O)[O-])ccc1C(=O)NCC1CCCN(C(C)C)C1. The predicted octanol–water partition coefficient (Wildman–Crippen LogP) is 2.75. The third kappa shape index (κ3) is 4.51. The second-order valence-electron chi connectivity index (χ2n) is 6.56. The van der Waals surface area contributed by atoms with Gasteiger partial charge in [0, 0.05) is 36.8 Å². The number of non-ortho nitro benzene ring substituents is 1. The maximum atomic E-state index is 12.3. The number of carbonyl (C=O) groups excluding carboxylic acids is 1. The first-order valence-electron chi connectivity index (χ1n) is 8.15. The van der Waals surface area contributed by atoms with E-state index in [9.17, 15) is 14.9 Å². The van der Waals surface area contributed by atoms with Crippen molar-refractivity contribution in [3.05, 3.63) is 39.4 Å². The van der Waals surface area contributed by atoms with E-state index in [0.29, 0.717) is 29.6 Å². The number of nitrogens with zero attached hydrogens (tertiary/aromatic N) is 2. The van der Waals surface area contributed by atoms with Gasteiger partial charge in [-0.2, -0.15) is 0 Å². The molecule has 1 saturated heterocycles. The minimum absolute atomic E-state index is 0.0129. The zero-order valence-electron chi connectivity index (χ0n) is 14.0. The largest absolute Gasteiger partial charge is 0.352 e. The molecule has 1 aromatic rings. The van der Waals surface area contributed by atoms with Gasteiger partial charge in [0.2, 0.25) is 0 Å². The number of nitrogens with one attached hydrogen (secondary N) is 1. The van der Waals surface area contributed by atoms with Gasteiger partial charge in [-0.25, -0.2) is 0 Å². The van der Waals surface area contributed by atoms with Crippen LogP contribution >= 0.6 is 0 Å². The van der Waals surface area contributed by atoms with Crippen LogP contribution in [0.3, 0.4) is 0 Å². The van der Waals surface area contributed by atoms with Crippen LogP contribution in [-0.4, -0.2) is 41.4 Å². The van der Waals surface area contributed by atoms with Crippen molar-refractivity contribution in [3.8, 4) is 0 Å². The van der Waals surface area contributed by atoms with E-state index < -0.39 is 4.92 Å². The van der Waals surface area contributed by atoms with E-state index in [2.05, 4.69) is 24.1 Å². The Balaban J connectivity index is 1.93. The van der Waals surface area contributed by atoms with Crippen molar-refractivity contribution in [1.82, 2.24) is 10.2 Å². The van der Waals surface area contributed by atoms with Crippen molar-refractivity contribution in [3.63, 3.8) is 0 Å². The first-order chi connectivity index (χ1) is 10.9. The van der Waals surface area contributed by atoms with Crippen LogP contribution in [0.4, 0.5) is 5.69 Å². The number of nitro groups is 1. The van der Waals surface area contributed by atoms with Crippen molar-refractivity contribution in [2.24, 2.45) is 5.92 Å². The molecule has 1 aromatic carbocycles. The van der Waals surface area contributed by atoms with Crippen LogP contribution in [0.5, 0.6) is 0 Å². The Kier molecular flexibility index (Phi) is 5.71. The first-order valence-corrected chi connectivity index (χ1v) is 8.15. The molecule has 0 aliphatic carbocycles. The molecular weight excluding hydrogens is 294 g/mol. The lowest BCUT2D eigenvalue weighted by Crippen LogP contribution is -2.43. The second kappa shape index (κ2) is 7.55. The monoisotopic (exact) mass is 319 g/mol. The number of amides is 1. The average Bonchev–Trinajstić information content (AvgIpc) is 2.52. The number of hydrogen-bond acceptors (Lipinski definition) is 4. The van der Waals surface area contributed by atoms with Crippen LogP contribution in [0.1, 0.15) is 42.6 Å². The van der Waals surface area contributed by atoms with E-state index >= 15 is 0 Å². The summed E-state index contributed by atoms with van der Waals surface area (Å²) in [6, 6.07) is 4.88. The number of rotatable bonds is 5. The van der Waals surface area contributed by atoms with E-state index in [4.69, 9.17) is 0 Å². The summed E-state index contributed by atoms with van der Waals surface area (Å²) in [7, 11) is 0. The van der Waals surface area contributed by atoms with Gasteiger partial charge in [-0.1, -0.05) is 0 Å². The molecule has 1 fully saturated rings. The van der Waals surface area contributed by atoms with Gasteiger partial charge in [-0.3, -0.25) is 14.9 Å². The number of carbonyl (C=O) groups is 1. The van der Waals surface area contributed by atoms with Crippen LogP contribution in [0, 0.1) is 23.0 Å². The fraction of sp³-hybridized carbons (Fsp3) is 0.588. The van der Waals surface area contributed by atoms with Crippen molar-refractivity contribution in [2.75, 3.05) is 19.6 Å². The summed E-state index contributed by atoms with van der Waals surface area (Å²) in [4.78, 5) is 25.1. The van der Waals surface area contributed by atoms with Crippen LogP contribution in [0.25, 0.3) is 0 Å². The molecule has 0 spiro atoms. The molecule has 23 heavy (non-hydrogen) atoms. The third-order valence-electron chi connectivity index (χ3n) is 4.50. The van der Waals surface area contributed by atoms with Crippen LogP contribution in [0.15, 0.2) is 18.2 Å². The van der Waals surface area contributed by atoms with Gasteiger partial charge in [-0.15, -0.1) is 0 Å². The molecule has 0 bridgehead atoms. The van der Waals surface area contributed by atoms with E-state index in [-0.39, 0.29) is 11.6 Å². The fourth-order valence-electron chi connectivity index (χ4n) is 3.08. The van der Waals surface area contributed by atoms with Gasteiger partial charge in [0.1, 0.15) is 0 Å². The van der Waals surface area contributed by atoms with Gasteiger partial charge < -0.3 is 10.2 Å². The Morgan fingerprint density at radius 2 is 2.22 bits per heavy atom. The summed E-state index contributed by atoms with van der Waals surface area (Å²) >= 11 is 0. The van der Waals surface area contributed by atoms with Crippen molar-refractivity contribution < 1.29 is 9.72 Å². The minimum Gasteiger partial charge on any atom is -0.352 e. The smallest absolute Gasteiger partial charge is 0.269 e. The highest BCUT2D eigenvalue weighted by Crippen LogP contribution is 2.19. The zero-order valence-corrected chi connectivity index (χ0v) is 14.0. The standard InChI is InChI=1S/C17H25N3O3/c1-12(2)19-8-4-5-14(11-19)10-18-17(21)16-7-6-15(20(22)23)9-13(16)3/h6-7,9,12,14H,4-5,8,10-11H2,1-3H3,(H,18,21). The quantitative estimate of drug-likeness (QED) is 0.669. The number of piperidine rings is 1. The number of benzene rings is 1. The molecular formula is C17H25N3O3. The Morgan fingerprint density at radius 3 is 2.83 bits per heavy atom. The van der Waals surface area contributed by atoms with Crippen molar-refractivity contribution >= 4 is 11.6 Å². The third-order valence-corrected chi connectivity index (χ3v) is 4.50. The molecule has 1 heterocycles. The molecule has 1 N–H and O–H groups in total. The van der Waals surface area contributed by atoms with Crippen LogP contribution in [0.2, 0.25) is 0 Å². The Labute approximate surface area is 137 Å². The molecule has 0 radical (unpaired) electrons. The highest BCUT2D eigenvalue weighted by Gasteiger charge is 2.22.